The van der Waals surface area contributed by atoms with Crippen molar-refractivity contribution in [1.29, 1.82) is 5.26 Å². The third-order valence-corrected chi connectivity index (χ3v) is 0.889. The maximum atomic E-state index is 8.24. The molecule has 0 bridgehead atoms. The summed E-state index contributed by atoms with van der Waals surface area (Å²) in [6.45, 7) is 4.76. The Kier molecular flexibility index (Phi) is 4.17. The van der Waals surface area contributed by atoms with Crippen LogP contribution in [0.25, 0.3) is 0 Å². The molecule has 0 radical (unpaired) electrons. The summed E-state index contributed by atoms with van der Waals surface area (Å²) in [6, 6.07) is 1.88. The maximum Gasteiger partial charge on any atom is 0.221 e. The van der Waals surface area contributed by atoms with Crippen LogP contribution in [0.4, 0.5) is 0 Å². The second-order valence-electron chi connectivity index (χ2n) is 1.48. The van der Waals surface area contributed by atoms with E-state index in [1.54, 1.807) is 6.92 Å². The van der Waals surface area contributed by atoms with E-state index in [1.165, 1.54) is 6.20 Å². The van der Waals surface area contributed by atoms with Crippen LogP contribution in [0.5, 0.6) is 0 Å². The highest BCUT2D eigenvalue weighted by Crippen LogP contribution is 1.92. The van der Waals surface area contributed by atoms with Crippen molar-refractivity contribution in [3.05, 3.63) is 11.8 Å². The van der Waals surface area contributed by atoms with Gasteiger partial charge < -0.3 is 0 Å². The Morgan fingerprint density at radius 2 is 2.40 bits per heavy atom. The molecule has 0 unspecified atom stereocenters. The second-order valence-corrected chi connectivity index (χ2v) is 1.82. The fourth-order valence-corrected chi connectivity index (χ4v) is 0.269. The van der Waals surface area contributed by atoms with Crippen LogP contribution in [0.3, 0.4) is 0 Å². The molecule has 0 N–H and O–H groups in total. The number of nitrogens with zero attached hydrogens (tertiary/aromatic N) is 3. The van der Waals surface area contributed by atoms with Gasteiger partial charge in [-0.2, -0.15) is 5.26 Å². The van der Waals surface area contributed by atoms with E-state index in [9.17, 15) is 0 Å². The molecule has 0 fully saturated rings. The molecule has 0 aromatic carbocycles. The molecule has 3 nitrogen and oxygen atoms in total. The zero-order valence-electron chi connectivity index (χ0n) is 5.50. The van der Waals surface area contributed by atoms with E-state index in [2.05, 4.69) is 16.7 Å². The van der Waals surface area contributed by atoms with Crippen molar-refractivity contribution in [2.45, 2.75) is 6.92 Å². The highest BCUT2D eigenvalue weighted by molar-refractivity contribution is 6.65. The Hall–Kier alpha value is -1.14. The molecule has 0 saturated carbocycles. The van der Waals surface area contributed by atoms with Gasteiger partial charge in [0.15, 0.2) is 0 Å². The first kappa shape index (κ1) is 8.86. The Labute approximate surface area is 64.4 Å². The van der Waals surface area contributed by atoms with Gasteiger partial charge in [-0.1, -0.05) is 0 Å². The molecule has 0 saturated heterocycles. The summed E-state index contributed by atoms with van der Waals surface area (Å²) in [5.74, 6) is 0. The van der Waals surface area contributed by atoms with Crippen LogP contribution in [-0.2, 0) is 0 Å². The quantitative estimate of drug-likeness (QED) is 0.246. The van der Waals surface area contributed by atoms with E-state index in [-0.39, 0.29) is 5.29 Å². The van der Waals surface area contributed by atoms with Gasteiger partial charge in [-0.25, -0.2) is 9.98 Å². The normalized spacial score (nSPS) is 12.5. The lowest BCUT2D eigenvalue weighted by atomic mass is 10.4. The minimum Gasteiger partial charge on any atom is -0.235 e. The number of hydrogen-bond acceptors (Lipinski definition) is 2. The summed E-state index contributed by atoms with van der Waals surface area (Å²) >= 11 is 5.33. The van der Waals surface area contributed by atoms with Crippen LogP contribution in [0.2, 0.25) is 0 Å². The summed E-state index contributed by atoms with van der Waals surface area (Å²) in [4.78, 5) is 6.89. The molecule has 0 aromatic heterocycles. The Balaban J connectivity index is 4.21. The number of halogens is 1. The van der Waals surface area contributed by atoms with E-state index in [1.807, 2.05) is 6.07 Å². The monoisotopic (exact) mass is 155 g/mol. The number of nitriles is 1. The predicted octanol–water partition coefficient (Wildman–Crippen LogP) is 1.71. The maximum absolute atomic E-state index is 8.24. The smallest absolute Gasteiger partial charge is 0.221 e. The lowest BCUT2D eigenvalue weighted by Crippen LogP contribution is -1.75. The van der Waals surface area contributed by atoms with Gasteiger partial charge in [0, 0.05) is 11.8 Å². The van der Waals surface area contributed by atoms with Crippen LogP contribution in [0.1, 0.15) is 6.92 Å². The van der Waals surface area contributed by atoms with Crippen LogP contribution in [0, 0.1) is 11.3 Å². The first-order chi connectivity index (χ1) is 4.70. The highest BCUT2D eigenvalue weighted by atomic mass is 35.5. The van der Waals surface area contributed by atoms with Gasteiger partial charge in [0.2, 0.25) is 5.29 Å². The first-order valence-electron chi connectivity index (χ1n) is 2.47. The average molecular weight is 156 g/mol. The number of rotatable bonds is 1. The SMILES string of the molecule is C=NC(Cl)=N/C=C(\C)C#N. The van der Waals surface area contributed by atoms with Crippen LogP contribution in [0.15, 0.2) is 21.8 Å². The Bertz CT molecular complexity index is 222. The van der Waals surface area contributed by atoms with Crippen LogP contribution >= 0.6 is 11.6 Å². The molecular formula is C6H6ClN3. The number of aliphatic imine (C=N–C) groups is 2. The molecule has 0 atom stereocenters. The van der Waals surface area contributed by atoms with Crippen molar-refractivity contribution < 1.29 is 0 Å². The molecule has 52 valence electrons. The Morgan fingerprint density at radius 1 is 1.80 bits per heavy atom. The van der Waals surface area contributed by atoms with E-state index in [0.717, 1.165) is 0 Å². The molecule has 0 aromatic rings. The molecule has 0 heterocycles. The van der Waals surface area contributed by atoms with Gasteiger partial charge in [-0.15, -0.1) is 0 Å². The van der Waals surface area contributed by atoms with Gasteiger partial charge in [-0.05, 0) is 25.2 Å². The molecule has 10 heavy (non-hydrogen) atoms. The molecule has 0 aliphatic carbocycles. The number of allylic oxidation sites excluding steroid dienone is 1. The third-order valence-electron chi connectivity index (χ3n) is 0.672. The van der Waals surface area contributed by atoms with E-state index >= 15 is 0 Å². The molecule has 0 spiro atoms. The minimum atomic E-state index is 0.0367. The zero-order chi connectivity index (χ0) is 7.98. The van der Waals surface area contributed by atoms with Crippen molar-refractivity contribution in [2.75, 3.05) is 0 Å². The topological polar surface area (TPSA) is 48.5 Å². The molecule has 0 aliphatic rings. The van der Waals surface area contributed by atoms with Crippen LogP contribution < -0.4 is 0 Å². The molecule has 0 rings (SSSR count). The molecule has 4 heteroatoms. The summed E-state index contributed by atoms with van der Waals surface area (Å²) in [6.07, 6.45) is 1.33. The van der Waals surface area contributed by atoms with E-state index < -0.39 is 0 Å². The summed E-state index contributed by atoms with van der Waals surface area (Å²) in [5.41, 5.74) is 0.474. The summed E-state index contributed by atoms with van der Waals surface area (Å²) in [5, 5.41) is 8.28. The van der Waals surface area contributed by atoms with Gasteiger partial charge in [0.1, 0.15) is 0 Å². The minimum absolute atomic E-state index is 0.0367. The average Bonchev–Trinajstić information content (AvgIpc) is 1.99. The van der Waals surface area contributed by atoms with Crippen molar-refractivity contribution in [2.24, 2.45) is 9.98 Å². The fraction of sp³-hybridized carbons (Fsp3) is 0.167. The van der Waals surface area contributed by atoms with Crippen LogP contribution in [-0.4, -0.2) is 12.0 Å². The van der Waals surface area contributed by atoms with Crippen molar-refractivity contribution in [1.82, 2.24) is 0 Å². The van der Waals surface area contributed by atoms with E-state index in [0.29, 0.717) is 5.57 Å². The van der Waals surface area contributed by atoms with Gasteiger partial charge >= 0.3 is 0 Å². The largest absolute Gasteiger partial charge is 0.235 e. The van der Waals surface area contributed by atoms with Crippen molar-refractivity contribution in [3.63, 3.8) is 0 Å². The number of amidine groups is 1. The van der Waals surface area contributed by atoms with Gasteiger partial charge in [-0.3, -0.25) is 0 Å². The summed E-state index contributed by atoms with van der Waals surface area (Å²) in [7, 11) is 0. The number of hydrogen-bond donors (Lipinski definition) is 0. The third kappa shape index (κ3) is 3.81. The first-order valence-corrected chi connectivity index (χ1v) is 2.85. The zero-order valence-corrected chi connectivity index (χ0v) is 6.26. The van der Waals surface area contributed by atoms with Gasteiger partial charge in [0.05, 0.1) is 6.07 Å². The summed E-state index contributed by atoms with van der Waals surface area (Å²) < 4.78 is 0. The van der Waals surface area contributed by atoms with Crippen molar-refractivity contribution >= 4 is 23.6 Å². The molecule has 0 amide bonds. The lowest BCUT2D eigenvalue weighted by molar-refractivity contribution is 1.39. The predicted molar refractivity (Wildman–Crippen MR) is 42.2 cm³/mol. The molecular weight excluding hydrogens is 150 g/mol. The van der Waals surface area contributed by atoms with Crippen molar-refractivity contribution in [3.8, 4) is 6.07 Å². The van der Waals surface area contributed by atoms with Gasteiger partial charge in [0.25, 0.3) is 0 Å². The second kappa shape index (κ2) is 4.71. The van der Waals surface area contributed by atoms with E-state index in [4.69, 9.17) is 16.9 Å². The Morgan fingerprint density at radius 3 is 2.80 bits per heavy atom. The fourth-order valence-electron chi connectivity index (χ4n) is 0.220. The standard InChI is InChI=1S/C6H6ClN3/c1-5(3-8)4-10-6(7)9-2/h4H,2H2,1H3/b5-4+,10-6?. The lowest BCUT2D eigenvalue weighted by Gasteiger charge is -1.81. The highest BCUT2D eigenvalue weighted by Gasteiger charge is 1.83. The molecule has 0 aliphatic heterocycles.